The van der Waals surface area contributed by atoms with Crippen molar-refractivity contribution in [1.29, 1.82) is 0 Å². The van der Waals surface area contributed by atoms with E-state index in [4.69, 9.17) is 9.47 Å². The maximum atomic E-state index is 12.6. The molecule has 0 bridgehead atoms. The maximum absolute atomic E-state index is 12.6. The van der Waals surface area contributed by atoms with E-state index >= 15 is 0 Å². The predicted octanol–water partition coefficient (Wildman–Crippen LogP) is 4.48. The lowest BCUT2D eigenvalue weighted by atomic mass is 9.97. The highest BCUT2D eigenvalue weighted by Gasteiger charge is 2.32. The molecule has 1 atom stereocenters. The fraction of sp³-hybridized carbons (Fsp3) is 0.682. The molecular formula is C22H36N2O3. The Labute approximate surface area is 164 Å². The molecule has 0 aliphatic carbocycles. The van der Waals surface area contributed by atoms with E-state index in [1.54, 1.807) is 7.11 Å². The summed E-state index contributed by atoms with van der Waals surface area (Å²) in [5.41, 5.74) is -0.0270. The van der Waals surface area contributed by atoms with Gasteiger partial charge >= 0.3 is 0 Å². The molecule has 1 aromatic rings. The molecule has 1 saturated heterocycles. The Kier molecular flexibility index (Phi) is 9.08. The van der Waals surface area contributed by atoms with Gasteiger partial charge in [0.25, 0.3) is 5.91 Å². The molecule has 0 unspecified atom stereocenters. The molecule has 0 radical (unpaired) electrons. The molecule has 1 aliphatic heterocycles. The Morgan fingerprint density at radius 3 is 2.48 bits per heavy atom. The summed E-state index contributed by atoms with van der Waals surface area (Å²) >= 11 is 0. The van der Waals surface area contributed by atoms with Gasteiger partial charge in [-0.3, -0.25) is 9.69 Å². The molecule has 1 amide bonds. The van der Waals surface area contributed by atoms with E-state index < -0.39 is 5.60 Å². The number of carbonyl (C=O) groups is 1. The third-order valence-corrected chi connectivity index (χ3v) is 5.43. The van der Waals surface area contributed by atoms with Crippen LogP contribution in [-0.2, 0) is 9.53 Å². The number of unbranched alkanes of at least 4 members (excludes halogenated alkanes) is 2. The van der Waals surface area contributed by atoms with Crippen molar-refractivity contribution < 1.29 is 14.3 Å². The number of rotatable bonds is 11. The Morgan fingerprint density at radius 1 is 1.15 bits per heavy atom. The van der Waals surface area contributed by atoms with Crippen molar-refractivity contribution in [3.8, 4) is 5.75 Å². The van der Waals surface area contributed by atoms with Crippen LogP contribution in [-0.4, -0.2) is 49.8 Å². The van der Waals surface area contributed by atoms with Gasteiger partial charge in [-0.1, -0.05) is 32.6 Å². The zero-order chi connectivity index (χ0) is 19.5. The Bertz CT molecular complexity index is 555. The average molecular weight is 377 g/mol. The molecule has 0 saturated carbocycles. The molecule has 1 heterocycles. The number of carbonyl (C=O) groups excluding carboxylic acids is 1. The maximum Gasteiger partial charge on any atom is 0.256 e. The lowest BCUT2D eigenvalue weighted by Gasteiger charge is -2.27. The number of amides is 1. The monoisotopic (exact) mass is 376 g/mol. The second-order valence-corrected chi connectivity index (χ2v) is 7.62. The molecular weight excluding hydrogens is 340 g/mol. The Balaban J connectivity index is 1.78. The number of hydrogen-bond acceptors (Lipinski definition) is 4. The molecule has 5 heteroatoms. The molecule has 0 spiro atoms. The van der Waals surface area contributed by atoms with Gasteiger partial charge in [-0.15, -0.1) is 0 Å². The topological polar surface area (TPSA) is 50.8 Å². The van der Waals surface area contributed by atoms with E-state index in [0.29, 0.717) is 6.61 Å². The summed E-state index contributed by atoms with van der Waals surface area (Å²) in [5, 5.41) is 2.97. The fourth-order valence-corrected chi connectivity index (χ4v) is 3.39. The quantitative estimate of drug-likeness (QED) is 0.579. The number of benzene rings is 1. The van der Waals surface area contributed by atoms with Crippen LogP contribution in [0, 0.1) is 0 Å². The number of nitrogens with one attached hydrogen (secondary N) is 1. The van der Waals surface area contributed by atoms with Gasteiger partial charge in [-0.05, 0) is 63.5 Å². The largest absolute Gasteiger partial charge is 0.492 e. The van der Waals surface area contributed by atoms with Crippen LogP contribution in [0.1, 0.15) is 58.8 Å². The van der Waals surface area contributed by atoms with Gasteiger partial charge in [0.2, 0.25) is 0 Å². The van der Waals surface area contributed by atoms with Crippen molar-refractivity contribution >= 4 is 11.6 Å². The summed E-state index contributed by atoms with van der Waals surface area (Å²) in [6.45, 7) is 8.06. The number of likely N-dealkylation sites (tertiary alicyclic amines) is 1. The van der Waals surface area contributed by atoms with Crippen molar-refractivity contribution in [2.45, 2.75) is 64.4 Å². The molecule has 1 N–H and O–H groups in total. The Morgan fingerprint density at radius 2 is 1.85 bits per heavy atom. The average Bonchev–Trinajstić information content (AvgIpc) is 2.70. The summed E-state index contributed by atoms with van der Waals surface area (Å²) in [6, 6.07) is 7.59. The molecule has 27 heavy (non-hydrogen) atoms. The SMILES string of the molecule is CCCCC[C@](C)(OC)C(=O)Nc1ccc(OCCN2CCCCC2)cc1. The van der Waals surface area contributed by atoms with E-state index in [0.717, 1.165) is 43.7 Å². The number of anilines is 1. The van der Waals surface area contributed by atoms with Gasteiger partial charge in [-0.2, -0.15) is 0 Å². The van der Waals surface area contributed by atoms with Crippen LogP contribution < -0.4 is 10.1 Å². The highest BCUT2D eigenvalue weighted by atomic mass is 16.5. The van der Waals surface area contributed by atoms with Gasteiger partial charge in [-0.25, -0.2) is 0 Å². The van der Waals surface area contributed by atoms with Crippen LogP contribution in [0.5, 0.6) is 5.75 Å². The minimum Gasteiger partial charge on any atom is -0.492 e. The third-order valence-electron chi connectivity index (χ3n) is 5.43. The lowest BCUT2D eigenvalue weighted by Crippen LogP contribution is -2.41. The van der Waals surface area contributed by atoms with Crippen LogP contribution in [0.3, 0.4) is 0 Å². The lowest BCUT2D eigenvalue weighted by molar-refractivity contribution is -0.136. The van der Waals surface area contributed by atoms with Gasteiger partial charge in [0.15, 0.2) is 0 Å². The van der Waals surface area contributed by atoms with Crippen molar-refractivity contribution in [3.63, 3.8) is 0 Å². The Hall–Kier alpha value is -1.59. The summed E-state index contributed by atoms with van der Waals surface area (Å²) in [5.74, 6) is 0.738. The molecule has 1 aromatic carbocycles. The number of piperidine rings is 1. The zero-order valence-corrected chi connectivity index (χ0v) is 17.3. The van der Waals surface area contributed by atoms with Gasteiger partial charge in [0.1, 0.15) is 18.0 Å². The van der Waals surface area contributed by atoms with Crippen molar-refractivity contribution in [2.75, 3.05) is 38.7 Å². The highest BCUT2D eigenvalue weighted by molar-refractivity contribution is 5.97. The van der Waals surface area contributed by atoms with E-state index in [2.05, 4.69) is 17.1 Å². The number of methoxy groups -OCH3 is 1. The fourth-order valence-electron chi connectivity index (χ4n) is 3.39. The molecule has 1 fully saturated rings. The van der Waals surface area contributed by atoms with E-state index in [1.165, 1.54) is 32.4 Å². The van der Waals surface area contributed by atoms with E-state index in [9.17, 15) is 4.79 Å². The summed E-state index contributed by atoms with van der Waals surface area (Å²) in [7, 11) is 1.60. The van der Waals surface area contributed by atoms with Crippen LogP contribution in [0.2, 0.25) is 0 Å². The third kappa shape index (κ3) is 7.15. The minimum absolute atomic E-state index is 0.0973. The van der Waals surface area contributed by atoms with Gasteiger partial charge in [0.05, 0.1) is 0 Å². The second-order valence-electron chi connectivity index (χ2n) is 7.62. The number of hydrogen-bond donors (Lipinski definition) is 1. The first-order valence-electron chi connectivity index (χ1n) is 10.4. The summed E-state index contributed by atoms with van der Waals surface area (Å²) in [6.07, 6.45) is 7.89. The van der Waals surface area contributed by atoms with Crippen molar-refractivity contribution in [3.05, 3.63) is 24.3 Å². The highest BCUT2D eigenvalue weighted by Crippen LogP contribution is 2.22. The molecule has 2 rings (SSSR count). The molecule has 152 valence electrons. The molecule has 5 nitrogen and oxygen atoms in total. The number of ether oxygens (including phenoxy) is 2. The zero-order valence-electron chi connectivity index (χ0n) is 17.3. The first-order chi connectivity index (χ1) is 13.1. The van der Waals surface area contributed by atoms with Crippen molar-refractivity contribution in [2.24, 2.45) is 0 Å². The first-order valence-corrected chi connectivity index (χ1v) is 10.4. The summed E-state index contributed by atoms with van der Waals surface area (Å²) in [4.78, 5) is 15.1. The van der Waals surface area contributed by atoms with Crippen LogP contribution in [0.15, 0.2) is 24.3 Å². The predicted molar refractivity (Wildman–Crippen MR) is 110 cm³/mol. The minimum atomic E-state index is -0.793. The van der Waals surface area contributed by atoms with Crippen LogP contribution in [0.4, 0.5) is 5.69 Å². The normalized spacial score (nSPS) is 17.3. The second kappa shape index (κ2) is 11.3. The standard InChI is InChI=1S/C22H36N2O3/c1-4-5-7-14-22(2,26-3)21(25)23-19-10-12-20(13-11-19)27-18-17-24-15-8-6-9-16-24/h10-13H,4-9,14-18H2,1-3H3,(H,23,25)/t22-/m0/s1. The smallest absolute Gasteiger partial charge is 0.256 e. The van der Waals surface area contributed by atoms with E-state index in [-0.39, 0.29) is 5.91 Å². The van der Waals surface area contributed by atoms with E-state index in [1.807, 2.05) is 31.2 Å². The van der Waals surface area contributed by atoms with Gasteiger partial charge < -0.3 is 14.8 Å². The number of nitrogens with zero attached hydrogens (tertiary/aromatic N) is 1. The molecule has 0 aromatic heterocycles. The van der Waals surface area contributed by atoms with Crippen LogP contribution >= 0.6 is 0 Å². The van der Waals surface area contributed by atoms with Crippen molar-refractivity contribution in [1.82, 2.24) is 4.90 Å². The molecule has 1 aliphatic rings. The van der Waals surface area contributed by atoms with Crippen LogP contribution in [0.25, 0.3) is 0 Å². The first kappa shape index (κ1) is 21.7. The van der Waals surface area contributed by atoms with Gasteiger partial charge in [0, 0.05) is 19.3 Å². The summed E-state index contributed by atoms with van der Waals surface area (Å²) < 4.78 is 11.4.